The summed E-state index contributed by atoms with van der Waals surface area (Å²) in [6, 6.07) is 0.581. The van der Waals surface area contributed by atoms with Gasteiger partial charge in [-0.25, -0.2) is 4.98 Å². The highest BCUT2D eigenvalue weighted by atomic mass is 32.2. The van der Waals surface area contributed by atoms with Crippen LogP contribution in [0.2, 0.25) is 0 Å². The van der Waals surface area contributed by atoms with Gasteiger partial charge in [-0.3, -0.25) is 4.79 Å². The molecule has 0 N–H and O–H groups in total. The van der Waals surface area contributed by atoms with Crippen LogP contribution in [0.4, 0.5) is 5.13 Å². The first-order valence-corrected chi connectivity index (χ1v) is 7.56. The van der Waals surface area contributed by atoms with E-state index in [-0.39, 0.29) is 12.4 Å². The van der Waals surface area contributed by atoms with Crippen LogP contribution in [0.1, 0.15) is 12.1 Å². The van der Waals surface area contributed by atoms with E-state index in [2.05, 4.69) is 21.7 Å². The van der Waals surface area contributed by atoms with Gasteiger partial charge in [0.2, 0.25) is 0 Å². The average molecular weight is 272 g/mol. The maximum Gasteiger partial charge on any atom is 0.311 e. The Morgan fingerprint density at radius 2 is 2.53 bits per heavy atom. The number of hydrogen-bond acceptors (Lipinski definition) is 6. The van der Waals surface area contributed by atoms with Crippen molar-refractivity contribution in [1.82, 2.24) is 4.98 Å². The van der Waals surface area contributed by atoms with E-state index < -0.39 is 0 Å². The summed E-state index contributed by atoms with van der Waals surface area (Å²) >= 11 is 3.58. The quantitative estimate of drug-likeness (QED) is 0.782. The molecule has 1 atom stereocenters. The number of carbonyl (C=O) groups is 1. The molecule has 1 unspecified atom stereocenters. The van der Waals surface area contributed by atoms with Crippen LogP contribution in [0.25, 0.3) is 0 Å². The Balaban J connectivity index is 1.99. The first-order valence-electron chi connectivity index (χ1n) is 5.52. The number of esters is 1. The molecule has 1 fully saturated rings. The van der Waals surface area contributed by atoms with E-state index in [1.807, 2.05) is 17.1 Å². The maximum atomic E-state index is 11.1. The highest BCUT2D eigenvalue weighted by Gasteiger charge is 2.22. The minimum atomic E-state index is -0.235. The molecule has 2 rings (SSSR count). The van der Waals surface area contributed by atoms with Gasteiger partial charge in [0.25, 0.3) is 0 Å². The summed E-state index contributed by atoms with van der Waals surface area (Å²) in [5.41, 5.74) is 0.800. The summed E-state index contributed by atoms with van der Waals surface area (Å²) < 4.78 is 4.63. The number of ether oxygens (including phenoxy) is 1. The number of methoxy groups -OCH3 is 1. The van der Waals surface area contributed by atoms with Crippen molar-refractivity contribution >= 4 is 34.2 Å². The Bertz CT molecular complexity index is 389. The highest BCUT2D eigenvalue weighted by Crippen LogP contribution is 2.28. The van der Waals surface area contributed by atoms with Crippen LogP contribution in [-0.4, -0.2) is 42.7 Å². The minimum absolute atomic E-state index is 0.235. The van der Waals surface area contributed by atoms with E-state index in [0.717, 1.165) is 10.8 Å². The second-order valence-corrected chi connectivity index (χ2v) is 5.99. The van der Waals surface area contributed by atoms with Gasteiger partial charge >= 0.3 is 5.97 Å². The van der Waals surface area contributed by atoms with E-state index in [0.29, 0.717) is 6.04 Å². The summed E-state index contributed by atoms with van der Waals surface area (Å²) in [6.07, 6.45) is 1.48. The fraction of sp³-hybridized carbons (Fsp3) is 0.636. The normalized spacial score (nSPS) is 19.3. The summed E-state index contributed by atoms with van der Waals surface area (Å²) in [4.78, 5) is 17.8. The van der Waals surface area contributed by atoms with Crippen molar-refractivity contribution in [3.8, 4) is 0 Å². The summed E-state index contributed by atoms with van der Waals surface area (Å²) in [6.45, 7) is 0. The molecular weight excluding hydrogens is 256 g/mol. The zero-order valence-electron chi connectivity index (χ0n) is 10.0. The molecule has 17 heavy (non-hydrogen) atoms. The number of hydrogen-bond donors (Lipinski definition) is 0. The van der Waals surface area contributed by atoms with E-state index in [4.69, 9.17) is 0 Å². The predicted molar refractivity (Wildman–Crippen MR) is 72.0 cm³/mol. The Labute approximate surface area is 109 Å². The van der Waals surface area contributed by atoms with Crippen LogP contribution in [0.15, 0.2) is 5.38 Å². The molecule has 1 aromatic rings. The molecule has 1 aliphatic rings. The molecule has 1 aliphatic heterocycles. The standard InChI is InChI=1S/C11H16N2O2S2/c1-13(9-3-4-16-7-9)11-12-8(6-17-11)5-10(14)15-2/h6,9H,3-5,7H2,1-2H3. The van der Waals surface area contributed by atoms with Crippen LogP contribution < -0.4 is 4.90 Å². The molecule has 0 radical (unpaired) electrons. The molecule has 0 bridgehead atoms. The maximum absolute atomic E-state index is 11.1. The third-order valence-corrected chi connectivity index (χ3v) is 4.97. The van der Waals surface area contributed by atoms with Crippen molar-refractivity contribution in [2.45, 2.75) is 18.9 Å². The van der Waals surface area contributed by atoms with Crippen molar-refractivity contribution in [2.24, 2.45) is 0 Å². The lowest BCUT2D eigenvalue weighted by Crippen LogP contribution is -2.31. The van der Waals surface area contributed by atoms with E-state index in [1.165, 1.54) is 25.0 Å². The van der Waals surface area contributed by atoms with Crippen molar-refractivity contribution < 1.29 is 9.53 Å². The third kappa shape index (κ3) is 3.13. The molecule has 94 valence electrons. The molecule has 0 spiro atoms. The topological polar surface area (TPSA) is 42.4 Å². The van der Waals surface area contributed by atoms with Crippen LogP contribution in [0.3, 0.4) is 0 Å². The largest absolute Gasteiger partial charge is 0.469 e. The summed E-state index contributed by atoms with van der Waals surface area (Å²) in [5, 5.41) is 2.93. The van der Waals surface area contributed by atoms with Crippen molar-refractivity contribution in [3.63, 3.8) is 0 Å². The Kier molecular flexibility index (Phi) is 4.28. The third-order valence-electron chi connectivity index (χ3n) is 2.85. The first kappa shape index (κ1) is 12.7. The number of aromatic nitrogens is 1. The molecule has 0 amide bonds. The predicted octanol–water partition coefficient (Wildman–Crippen LogP) is 1.80. The molecule has 0 aromatic carbocycles. The number of thioether (sulfide) groups is 1. The first-order chi connectivity index (χ1) is 8.20. The zero-order valence-corrected chi connectivity index (χ0v) is 11.6. The monoisotopic (exact) mass is 272 g/mol. The van der Waals surface area contributed by atoms with Crippen molar-refractivity contribution in [3.05, 3.63) is 11.1 Å². The SMILES string of the molecule is COC(=O)Cc1csc(N(C)C2CCSC2)n1. The summed E-state index contributed by atoms with van der Waals surface area (Å²) in [5.74, 6) is 2.17. The van der Waals surface area contributed by atoms with Gasteiger partial charge in [0, 0.05) is 24.2 Å². The molecule has 2 heterocycles. The van der Waals surface area contributed by atoms with E-state index in [1.54, 1.807) is 11.3 Å². The molecule has 0 aliphatic carbocycles. The number of carbonyl (C=O) groups excluding carboxylic acids is 1. The summed E-state index contributed by atoms with van der Waals surface area (Å²) in [7, 11) is 3.48. The number of anilines is 1. The lowest BCUT2D eigenvalue weighted by Gasteiger charge is -2.22. The lowest BCUT2D eigenvalue weighted by molar-refractivity contribution is -0.139. The molecule has 0 saturated carbocycles. The van der Waals surface area contributed by atoms with Crippen LogP contribution in [0, 0.1) is 0 Å². The lowest BCUT2D eigenvalue weighted by atomic mass is 10.2. The van der Waals surface area contributed by atoms with Gasteiger partial charge in [-0.2, -0.15) is 11.8 Å². The second-order valence-electron chi connectivity index (χ2n) is 4.00. The fourth-order valence-corrected chi connectivity index (χ4v) is 3.87. The molecule has 1 saturated heterocycles. The van der Waals surface area contributed by atoms with Gasteiger partial charge in [0.15, 0.2) is 5.13 Å². The fourth-order valence-electron chi connectivity index (χ4n) is 1.74. The average Bonchev–Trinajstić information content (AvgIpc) is 2.98. The molecular formula is C11H16N2O2S2. The molecule has 4 nitrogen and oxygen atoms in total. The zero-order chi connectivity index (χ0) is 12.3. The van der Waals surface area contributed by atoms with Gasteiger partial charge in [-0.05, 0) is 12.2 Å². The van der Waals surface area contributed by atoms with Gasteiger partial charge < -0.3 is 9.64 Å². The van der Waals surface area contributed by atoms with Gasteiger partial charge in [-0.1, -0.05) is 0 Å². The Morgan fingerprint density at radius 3 is 3.18 bits per heavy atom. The van der Waals surface area contributed by atoms with Crippen molar-refractivity contribution in [1.29, 1.82) is 0 Å². The second kappa shape index (κ2) is 5.73. The van der Waals surface area contributed by atoms with Crippen molar-refractivity contribution in [2.75, 3.05) is 30.6 Å². The Hall–Kier alpha value is -0.750. The number of nitrogens with zero attached hydrogens (tertiary/aromatic N) is 2. The van der Waals surface area contributed by atoms with Gasteiger partial charge in [0.1, 0.15) is 0 Å². The van der Waals surface area contributed by atoms with E-state index in [9.17, 15) is 4.79 Å². The van der Waals surface area contributed by atoms with Gasteiger partial charge in [0.05, 0.1) is 19.2 Å². The number of thiazole rings is 1. The van der Waals surface area contributed by atoms with Crippen LogP contribution in [-0.2, 0) is 16.0 Å². The molecule has 1 aromatic heterocycles. The van der Waals surface area contributed by atoms with E-state index >= 15 is 0 Å². The smallest absolute Gasteiger partial charge is 0.311 e. The van der Waals surface area contributed by atoms with Crippen LogP contribution >= 0.6 is 23.1 Å². The Morgan fingerprint density at radius 1 is 1.71 bits per heavy atom. The molecule has 6 heteroatoms. The number of rotatable bonds is 4. The highest BCUT2D eigenvalue weighted by molar-refractivity contribution is 7.99. The minimum Gasteiger partial charge on any atom is -0.469 e. The van der Waals surface area contributed by atoms with Crippen LogP contribution in [0.5, 0.6) is 0 Å². The van der Waals surface area contributed by atoms with Gasteiger partial charge in [-0.15, -0.1) is 11.3 Å².